The lowest BCUT2D eigenvalue weighted by molar-refractivity contribution is -0.140. The molecule has 2 saturated carbocycles. The molecule has 2 atom stereocenters. The number of alkyl halides is 3. The first-order valence-corrected chi connectivity index (χ1v) is 12.6. The number of hydrogen-bond acceptors (Lipinski definition) is 4. The topological polar surface area (TPSA) is 61.6 Å². The van der Waals surface area contributed by atoms with Gasteiger partial charge in [0.05, 0.1) is 17.5 Å². The largest absolute Gasteiger partial charge is 0.419 e. The molecule has 3 aliphatic rings. The molecule has 0 bridgehead atoms. The highest BCUT2D eigenvalue weighted by Crippen LogP contribution is 2.52. The number of fused-ring (bicyclic) bond motifs is 1. The highest BCUT2D eigenvalue weighted by Gasteiger charge is 2.56. The Labute approximate surface area is 207 Å². The van der Waals surface area contributed by atoms with E-state index in [1.165, 1.54) is 23.7 Å². The Bertz CT molecular complexity index is 1100. The van der Waals surface area contributed by atoms with Crippen molar-refractivity contribution in [3.63, 3.8) is 0 Å². The number of piperidine rings is 1. The number of hydrogen-bond donors (Lipinski definition) is 1. The molecule has 196 valence electrons. The minimum absolute atomic E-state index is 0.0574. The zero-order chi connectivity index (χ0) is 25.7. The van der Waals surface area contributed by atoms with Crippen LogP contribution in [0, 0.1) is 23.6 Å². The molecular formula is C26H32F4N4O2. The minimum Gasteiger partial charge on any atom is -0.389 e. The van der Waals surface area contributed by atoms with Crippen molar-refractivity contribution in [2.24, 2.45) is 24.8 Å². The van der Waals surface area contributed by atoms with Crippen LogP contribution in [0.2, 0.25) is 0 Å². The number of aromatic nitrogens is 2. The van der Waals surface area contributed by atoms with Gasteiger partial charge in [-0.15, -0.1) is 0 Å². The molecular weight excluding hydrogens is 476 g/mol. The van der Waals surface area contributed by atoms with E-state index in [2.05, 4.69) is 9.88 Å². The minimum atomic E-state index is -4.81. The maximum absolute atomic E-state index is 13.8. The maximum Gasteiger partial charge on any atom is 0.419 e. The van der Waals surface area contributed by atoms with E-state index in [9.17, 15) is 27.5 Å². The summed E-state index contributed by atoms with van der Waals surface area (Å²) in [5.74, 6) is -0.639. The van der Waals surface area contributed by atoms with Crippen LogP contribution in [0.1, 0.15) is 53.7 Å². The van der Waals surface area contributed by atoms with Crippen LogP contribution < -0.4 is 0 Å². The first-order chi connectivity index (χ1) is 17.0. The maximum atomic E-state index is 13.8. The second-order valence-corrected chi connectivity index (χ2v) is 10.9. The fourth-order valence-corrected chi connectivity index (χ4v) is 6.19. The molecule has 5 rings (SSSR count). The van der Waals surface area contributed by atoms with Gasteiger partial charge in [-0.3, -0.25) is 9.69 Å². The van der Waals surface area contributed by atoms with Crippen molar-refractivity contribution in [2.45, 2.75) is 50.4 Å². The number of imidazole rings is 1. The second-order valence-electron chi connectivity index (χ2n) is 10.9. The highest BCUT2D eigenvalue weighted by atomic mass is 19.4. The second kappa shape index (κ2) is 9.45. The van der Waals surface area contributed by atoms with Crippen molar-refractivity contribution < 1.29 is 27.5 Å². The average molecular weight is 509 g/mol. The standard InChI is InChI=1S/C26H32F4N4O2/c1-32-14-23(31-16-32)24(35)34(10-17-5-6-22(27)21(9-17)26(28,29)30)13-20-18-11-33(12-19(18)20)15-25(36)7-3-2-4-8-25/h5-6,9,14,16,18-20,36H,2-4,7-8,10-13,15H2,1H3. The predicted octanol–water partition coefficient (Wildman–Crippen LogP) is 4.09. The van der Waals surface area contributed by atoms with Gasteiger partial charge >= 0.3 is 6.18 Å². The van der Waals surface area contributed by atoms with Gasteiger partial charge in [-0.05, 0) is 48.3 Å². The summed E-state index contributed by atoms with van der Waals surface area (Å²) < 4.78 is 55.2. The van der Waals surface area contributed by atoms with Crippen molar-refractivity contribution in [3.05, 3.63) is 53.4 Å². The van der Waals surface area contributed by atoms with E-state index in [0.29, 0.717) is 24.9 Å². The number of amides is 1. The number of halogens is 4. The van der Waals surface area contributed by atoms with Crippen LogP contribution in [0.25, 0.3) is 0 Å². The van der Waals surface area contributed by atoms with Crippen LogP contribution in [0.4, 0.5) is 17.6 Å². The van der Waals surface area contributed by atoms with Crippen LogP contribution in [-0.2, 0) is 19.8 Å². The Hall–Kier alpha value is -2.46. The lowest BCUT2D eigenvalue weighted by atomic mass is 9.84. The zero-order valence-electron chi connectivity index (χ0n) is 20.3. The molecule has 36 heavy (non-hydrogen) atoms. The highest BCUT2D eigenvalue weighted by molar-refractivity contribution is 5.92. The fourth-order valence-electron chi connectivity index (χ4n) is 6.19. The van der Waals surface area contributed by atoms with Crippen LogP contribution in [0.15, 0.2) is 30.7 Å². The number of benzene rings is 1. The number of nitrogens with zero attached hydrogens (tertiary/aromatic N) is 4. The lowest BCUT2D eigenvalue weighted by Crippen LogP contribution is -2.45. The molecule has 1 aromatic heterocycles. The van der Waals surface area contributed by atoms with E-state index in [-0.39, 0.29) is 29.6 Å². The van der Waals surface area contributed by atoms with E-state index in [4.69, 9.17) is 0 Å². The molecule has 10 heteroatoms. The smallest absolute Gasteiger partial charge is 0.389 e. The number of aryl methyl sites for hydroxylation is 1. The van der Waals surface area contributed by atoms with Crippen molar-refractivity contribution in [2.75, 3.05) is 26.2 Å². The summed E-state index contributed by atoms with van der Waals surface area (Å²) in [5, 5.41) is 10.9. The average Bonchev–Trinajstić information content (AvgIpc) is 3.14. The molecule has 2 heterocycles. The van der Waals surface area contributed by atoms with E-state index < -0.39 is 23.2 Å². The molecule has 2 aromatic rings. The molecule has 2 unspecified atom stereocenters. The number of rotatable bonds is 7. The molecule has 1 aliphatic heterocycles. The quantitative estimate of drug-likeness (QED) is 0.573. The number of β-amino-alcohol motifs (C(OH)–C–C–N with tert-alkyl or cyclic N) is 1. The van der Waals surface area contributed by atoms with Gasteiger partial charge in [0, 0.05) is 46.0 Å². The van der Waals surface area contributed by atoms with Gasteiger partial charge in [0.25, 0.3) is 5.91 Å². The summed E-state index contributed by atoms with van der Waals surface area (Å²) >= 11 is 0. The normalized spacial score (nSPS) is 25.6. The van der Waals surface area contributed by atoms with E-state index >= 15 is 0 Å². The zero-order valence-corrected chi connectivity index (χ0v) is 20.3. The van der Waals surface area contributed by atoms with Crippen molar-refractivity contribution >= 4 is 5.91 Å². The van der Waals surface area contributed by atoms with E-state index in [1.54, 1.807) is 17.8 Å². The summed E-state index contributed by atoms with van der Waals surface area (Å²) in [6, 6.07) is 2.89. The van der Waals surface area contributed by atoms with Gasteiger partial charge in [0.1, 0.15) is 11.5 Å². The number of likely N-dealkylation sites (tertiary alicyclic amines) is 1. The molecule has 1 amide bonds. The Morgan fingerprint density at radius 3 is 2.50 bits per heavy atom. The van der Waals surface area contributed by atoms with Crippen LogP contribution in [-0.4, -0.2) is 62.1 Å². The van der Waals surface area contributed by atoms with Crippen molar-refractivity contribution in [3.8, 4) is 0 Å². The SMILES string of the molecule is Cn1cnc(C(=O)N(Cc2ccc(F)c(C(F)(F)F)c2)CC2C3CN(CC4(O)CCCCC4)CC32)c1. The first-order valence-electron chi connectivity index (χ1n) is 12.6. The summed E-state index contributed by atoms with van der Waals surface area (Å²) in [6.07, 6.45) is 3.25. The number of carbonyl (C=O) groups is 1. The molecule has 0 spiro atoms. The van der Waals surface area contributed by atoms with Crippen LogP contribution >= 0.6 is 0 Å². The van der Waals surface area contributed by atoms with Crippen molar-refractivity contribution in [1.29, 1.82) is 0 Å². The number of aliphatic hydroxyl groups is 1. The third-order valence-corrected chi connectivity index (χ3v) is 8.10. The molecule has 6 nitrogen and oxygen atoms in total. The Kier molecular flexibility index (Phi) is 6.61. The Morgan fingerprint density at radius 1 is 1.19 bits per heavy atom. The van der Waals surface area contributed by atoms with Gasteiger partial charge in [-0.25, -0.2) is 9.37 Å². The third kappa shape index (κ3) is 5.29. The summed E-state index contributed by atoms with van der Waals surface area (Å²) in [6.45, 7) is 2.74. The predicted molar refractivity (Wildman–Crippen MR) is 124 cm³/mol. The van der Waals surface area contributed by atoms with Gasteiger partial charge in [-0.2, -0.15) is 13.2 Å². The number of carbonyl (C=O) groups excluding carboxylic acids is 1. The van der Waals surface area contributed by atoms with Gasteiger partial charge in [0.15, 0.2) is 0 Å². The summed E-state index contributed by atoms with van der Waals surface area (Å²) in [4.78, 5) is 21.3. The van der Waals surface area contributed by atoms with Gasteiger partial charge < -0.3 is 14.6 Å². The molecule has 3 fully saturated rings. The Balaban J connectivity index is 1.27. The van der Waals surface area contributed by atoms with E-state index in [1.807, 2.05) is 0 Å². The molecule has 1 N–H and O–H groups in total. The van der Waals surface area contributed by atoms with Gasteiger partial charge in [0.2, 0.25) is 0 Å². The van der Waals surface area contributed by atoms with Gasteiger partial charge in [-0.1, -0.05) is 25.3 Å². The molecule has 2 aliphatic carbocycles. The lowest BCUT2D eigenvalue weighted by Gasteiger charge is -2.36. The van der Waals surface area contributed by atoms with Crippen LogP contribution in [0.3, 0.4) is 0 Å². The third-order valence-electron chi connectivity index (χ3n) is 8.10. The molecule has 0 radical (unpaired) electrons. The van der Waals surface area contributed by atoms with Crippen LogP contribution in [0.5, 0.6) is 0 Å². The Morgan fingerprint density at radius 2 is 1.89 bits per heavy atom. The summed E-state index contributed by atoms with van der Waals surface area (Å²) in [5.41, 5.74) is -1.49. The van der Waals surface area contributed by atoms with Crippen molar-refractivity contribution in [1.82, 2.24) is 19.4 Å². The summed E-state index contributed by atoms with van der Waals surface area (Å²) in [7, 11) is 1.74. The first kappa shape index (κ1) is 25.2. The van der Waals surface area contributed by atoms with E-state index in [0.717, 1.165) is 50.9 Å². The fraction of sp³-hybridized carbons (Fsp3) is 0.615. The molecule has 1 saturated heterocycles. The molecule has 1 aromatic carbocycles. The monoisotopic (exact) mass is 508 g/mol.